The summed E-state index contributed by atoms with van der Waals surface area (Å²) >= 11 is 0. The molecule has 1 amide bonds. The van der Waals surface area contributed by atoms with Crippen molar-refractivity contribution in [2.24, 2.45) is 16.0 Å². The number of amides is 1. The van der Waals surface area contributed by atoms with Gasteiger partial charge in [-0.25, -0.2) is 9.97 Å². The molecule has 0 unspecified atom stereocenters. The average Bonchev–Trinajstić information content (AvgIpc) is 2.76. The zero-order valence-electron chi connectivity index (χ0n) is 16.8. The molecular weight excluding hydrogens is 424 g/mol. The predicted octanol–water partition coefficient (Wildman–Crippen LogP) is 0.792. The van der Waals surface area contributed by atoms with Gasteiger partial charge in [0.15, 0.2) is 5.84 Å². The molecule has 31 heavy (non-hydrogen) atoms. The standard InChI is InChI=1S/C19H22N6O5S/c1-29-19-21-8-13(9-22-19)18(26)25-7-3-4-12(10-25)11-30-15-6-2-5-14-16(15)17(20)24-31(27,28)23-14/h2,5-6,8-9,12,23H,3-4,7,10-11H2,1H3,(H2,20,24)/t12-/m0/s1. The number of ether oxygens (including phenoxy) is 2. The van der Waals surface area contributed by atoms with E-state index in [0.717, 1.165) is 12.8 Å². The molecule has 1 saturated heterocycles. The molecule has 4 rings (SSSR count). The highest BCUT2D eigenvalue weighted by Gasteiger charge is 2.27. The molecule has 0 aliphatic carbocycles. The van der Waals surface area contributed by atoms with Gasteiger partial charge < -0.3 is 20.1 Å². The number of hydrogen-bond acceptors (Lipinski definition) is 8. The van der Waals surface area contributed by atoms with Gasteiger partial charge in [0.1, 0.15) is 5.75 Å². The van der Waals surface area contributed by atoms with Crippen molar-refractivity contribution in [3.63, 3.8) is 0 Å². The Morgan fingerprint density at radius 2 is 2.10 bits per heavy atom. The number of piperidine rings is 1. The highest BCUT2D eigenvalue weighted by atomic mass is 32.2. The topological polar surface area (TPSA) is 149 Å². The fourth-order valence-corrected chi connectivity index (χ4v) is 4.49. The first-order valence-electron chi connectivity index (χ1n) is 9.66. The highest BCUT2D eigenvalue weighted by molar-refractivity contribution is 7.91. The monoisotopic (exact) mass is 446 g/mol. The normalized spacial score (nSPS) is 19.6. The molecule has 164 valence electrons. The van der Waals surface area contributed by atoms with Gasteiger partial charge >= 0.3 is 16.2 Å². The number of carbonyl (C=O) groups excluding carboxylic acids is 1. The second-order valence-electron chi connectivity index (χ2n) is 7.26. The van der Waals surface area contributed by atoms with E-state index in [9.17, 15) is 13.2 Å². The average molecular weight is 446 g/mol. The van der Waals surface area contributed by atoms with Gasteiger partial charge in [-0.05, 0) is 25.0 Å². The Kier molecular flexibility index (Phi) is 5.63. The number of rotatable bonds is 5. The summed E-state index contributed by atoms with van der Waals surface area (Å²) in [5.41, 5.74) is 6.99. The van der Waals surface area contributed by atoms with Crippen molar-refractivity contribution >= 4 is 27.6 Å². The maximum Gasteiger partial charge on any atom is 0.344 e. The molecule has 0 spiro atoms. The van der Waals surface area contributed by atoms with Crippen LogP contribution in [0.15, 0.2) is 35.0 Å². The highest BCUT2D eigenvalue weighted by Crippen LogP contribution is 2.31. The number of anilines is 1. The maximum absolute atomic E-state index is 12.8. The van der Waals surface area contributed by atoms with Crippen LogP contribution >= 0.6 is 0 Å². The van der Waals surface area contributed by atoms with Gasteiger partial charge in [0.25, 0.3) is 5.91 Å². The number of fused-ring (bicyclic) bond motifs is 1. The molecule has 2 aromatic rings. The van der Waals surface area contributed by atoms with Crippen LogP contribution in [0.2, 0.25) is 0 Å². The van der Waals surface area contributed by atoms with Crippen molar-refractivity contribution in [1.82, 2.24) is 14.9 Å². The van der Waals surface area contributed by atoms with Crippen molar-refractivity contribution in [2.75, 3.05) is 31.5 Å². The minimum atomic E-state index is -3.85. The molecule has 12 heteroatoms. The summed E-state index contributed by atoms with van der Waals surface area (Å²) in [6.07, 6.45) is 4.64. The Labute approximate surface area is 179 Å². The number of benzene rings is 1. The number of nitrogens with one attached hydrogen (secondary N) is 1. The molecule has 11 nitrogen and oxygen atoms in total. The third-order valence-electron chi connectivity index (χ3n) is 5.08. The zero-order valence-corrected chi connectivity index (χ0v) is 17.6. The van der Waals surface area contributed by atoms with E-state index in [4.69, 9.17) is 15.2 Å². The number of aromatic nitrogens is 2. The van der Waals surface area contributed by atoms with Gasteiger partial charge in [-0.2, -0.15) is 8.42 Å². The second-order valence-corrected chi connectivity index (χ2v) is 8.60. The van der Waals surface area contributed by atoms with Crippen molar-refractivity contribution in [1.29, 1.82) is 0 Å². The van der Waals surface area contributed by atoms with E-state index in [1.54, 1.807) is 23.1 Å². The fourth-order valence-electron chi connectivity index (χ4n) is 3.65. The van der Waals surface area contributed by atoms with E-state index < -0.39 is 10.2 Å². The van der Waals surface area contributed by atoms with Crippen LogP contribution in [0.4, 0.5) is 5.69 Å². The van der Waals surface area contributed by atoms with E-state index >= 15 is 0 Å². The van der Waals surface area contributed by atoms with E-state index in [0.29, 0.717) is 42.3 Å². The Balaban J connectivity index is 1.42. The summed E-state index contributed by atoms with van der Waals surface area (Å²) < 4.78 is 40.2. The SMILES string of the molecule is COc1ncc(C(=O)N2CCC[C@H](COc3cccc4c3C(N)=NS(=O)(=O)N4)C2)cn1. The molecule has 2 aliphatic rings. The number of amidine groups is 1. The van der Waals surface area contributed by atoms with Gasteiger partial charge in [0, 0.05) is 31.4 Å². The maximum atomic E-state index is 12.8. The molecule has 2 aliphatic heterocycles. The van der Waals surface area contributed by atoms with Crippen LogP contribution in [0.25, 0.3) is 0 Å². The van der Waals surface area contributed by atoms with Gasteiger partial charge in [-0.15, -0.1) is 4.40 Å². The molecule has 1 atom stereocenters. The van der Waals surface area contributed by atoms with E-state index in [1.165, 1.54) is 19.5 Å². The zero-order chi connectivity index (χ0) is 22.0. The summed E-state index contributed by atoms with van der Waals surface area (Å²) in [5, 5.41) is 0. The number of hydrogen-bond donors (Lipinski definition) is 2. The summed E-state index contributed by atoms with van der Waals surface area (Å²) in [4.78, 5) is 22.5. The second kappa shape index (κ2) is 8.38. The predicted molar refractivity (Wildman–Crippen MR) is 112 cm³/mol. The van der Waals surface area contributed by atoms with Crippen molar-refractivity contribution in [2.45, 2.75) is 12.8 Å². The van der Waals surface area contributed by atoms with Gasteiger partial charge in [0.05, 0.1) is 30.5 Å². The van der Waals surface area contributed by atoms with Crippen molar-refractivity contribution in [3.8, 4) is 11.8 Å². The lowest BCUT2D eigenvalue weighted by Crippen LogP contribution is -2.41. The smallest absolute Gasteiger partial charge is 0.344 e. The number of nitrogens with zero attached hydrogens (tertiary/aromatic N) is 4. The lowest BCUT2D eigenvalue weighted by atomic mass is 9.98. The number of likely N-dealkylation sites (tertiary alicyclic amines) is 1. The molecule has 3 N–H and O–H groups in total. The number of nitrogens with two attached hydrogens (primary N) is 1. The minimum absolute atomic E-state index is 0.103. The first kappa shape index (κ1) is 20.8. The summed E-state index contributed by atoms with van der Waals surface area (Å²) in [5.74, 6) is 0.277. The third kappa shape index (κ3) is 4.53. The first-order chi connectivity index (χ1) is 14.9. The summed E-state index contributed by atoms with van der Waals surface area (Å²) in [6.45, 7) is 1.51. The lowest BCUT2D eigenvalue weighted by Gasteiger charge is -2.32. The van der Waals surface area contributed by atoms with Crippen LogP contribution in [0, 0.1) is 5.92 Å². The van der Waals surface area contributed by atoms with Gasteiger partial charge in [0.2, 0.25) is 0 Å². The van der Waals surface area contributed by atoms with Crippen LogP contribution < -0.4 is 19.9 Å². The third-order valence-corrected chi connectivity index (χ3v) is 5.99. The van der Waals surface area contributed by atoms with Crippen molar-refractivity contribution in [3.05, 3.63) is 41.7 Å². The molecule has 0 radical (unpaired) electrons. The lowest BCUT2D eigenvalue weighted by molar-refractivity contribution is 0.0632. The fraction of sp³-hybridized carbons (Fsp3) is 0.368. The minimum Gasteiger partial charge on any atom is -0.492 e. The molecule has 0 saturated carbocycles. The first-order valence-corrected chi connectivity index (χ1v) is 11.1. The van der Waals surface area contributed by atoms with Crippen LogP contribution in [0.5, 0.6) is 11.8 Å². The number of carbonyl (C=O) groups is 1. The Morgan fingerprint density at radius 1 is 1.32 bits per heavy atom. The van der Waals surface area contributed by atoms with Crippen LogP contribution in [-0.4, -0.2) is 61.8 Å². The Bertz CT molecular complexity index is 1120. The van der Waals surface area contributed by atoms with Gasteiger partial charge in [-0.1, -0.05) is 6.07 Å². The summed E-state index contributed by atoms with van der Waals surface area (Å²) in [7, 11) is -2.39. The Morgan fingerprint density at radius 3 is 2.84 bits per heavy atom. The largest absolute Gasteiger partial charge is 0.492 e. The molecule has 1 fully saturated rings. The van der Waals surface area contributed by atoms with E-state index in [-0.39, 0.29) is 23.7 Å². The van der Waals surface area contributed by atoms with Crippen LogP contribution in [-0.2, 0) is 10.2 Å². The summed E-state index contributed by atoms with van der Waals surface area (Å²) in [6, 6.07) is 5.19. The van der Waals surface area contributed by atoms with Crippen LogP contribution in [0.1, 0.15) is 28.8 Å². The Hall–Kier alpha value is -3.41. The quantitative estimate of drug-likeness (QED) is 0.685. The molecule has 1 aromatic carbocycles. The molecular formula is C19H22N6O5S. The van der Waals surface area contributed by atoms with Crippen molar-refractivity contribution < 1.29 is 22.7 Å². The van der Waals surface area contributed by atoms with E-state index in [1.807, 2.05) is 0 Å². The molecule has 0 bridgehead atoms. The molecule has 1 aromatic heterocycles. The van der Waals surface area contributed by atoms with Crippen LogP contribution in [0.3, 0.4) is 0 Å². The molecule has 3 heterocycles. The van der Waals surface area contributed by atoms with E-state index in [2.05, 4.69) is 19.1 Å². The number of methoxy groups -OCH3 is 1. The van der Waals surface area contributed by atoms with Gasteiger partial charge in [-0.3, -0.25) is 9.52 Å².